The third kappa shape index (κ3) is 4.04. The van der Waals surface area contributed by atoms with E-state index in [2.05, 4.69) is 65.9 Å². The summed E-state index contributed by atoms with van der Waals surface area (Å²) in [5, 5.41) is 0. The van der Waals surface area contributed by atoms with Crippen molar-refractivity contribution in [3.8, 4) is 0 Å². The van der Waals surface area contributed by atoms with E-state index in [4.69, 9.17) is 0 Å². The molecule has 0 fully saturated rings. The number of halogens is 2. The minimum absolute atomic E-state index is 0.357. The molecule has 3 atom stereocenters. The summed E-state index contributed by atoms with van der Waals surface area (Å²) in [6.07, 6.45) is 6.24. The van der Waals surface area contributed by atoms with E-state index in [9.17, 15) is 4.39 Å². The maximum atomic E-state index is 14.1. The van der Waals surface area contributed by atoms with Crippen LogP contribution in [0.5, 0.6) is 0 Å². The van der Waals surface area contributed by atoms with Gasteiger partial charge in [0.05, 0.1) is 0 Å². The van der Waals surface area contributed by atoms with E-state index in [1.807, 2.05) is 0 Å². The third-order valence-electron chi connectivity index (χ3n) is 4.02. The quantitative estimate of drug-likeness (QED) is 0.470. The van der Waals surface area contributed by atoms with Crippen molar-refractivity contribution >= 4 is 22.6 Å². The molecule has 104 valence electrons. The van der Waals surface area contributed by atoms with Gasteiger partial charge in [0.1, 0.15) is 5.67 Å². The lowest BCUT2D eigenvalue weighted by molar-refractivity contribution is 0.134. The van der Waals surface area contributed by atoms with E-state index in [0.29, 0.717) is 24.2 Å². The second kappa shape index (κ2) is 5.94. The Labute approximate surface area is 129 Å². The van der Waals surface area contributed by atoms with Crippen LogP contribution in [-0.2, 0) is 0 Å². The van der Waals surface area contributed by atoms with Gasteiger partial charge in [-0.2, -0.15) is 0 Å². The van der Waals surface area contributed by atoms with Crippen molar-refractivity contribution in [1.82, 2.24) is 0 Å². The largest absolute Gasteiger partial charge is 0.244 e. The van der Waals surface area contributed by atoms with E-state index < -0.39 is 5.67 Å². The van der Waals surface area contributed by atoms with Crippen LogP contribution in [0.2, 0.25) is 0 Å². The topological polar surface area (TPSA) is 0 Å². The summed E-state index contributed by atoms with van der Waals surface area (Å²) in [4.78, 5) is 0. The summed E-state index contributed by atoms with van der Waals surface area (Å²) in [6.45, 7) is 5.64. The zero-order chi connectivity index (χ0) is 14.0. The van der Waals surface area contributed by atoms with Gasteiger partial charge < -0.3 is 0 Å². The molecule has 0 bridgehead atoms. The highest BCUT2D eigenvalue weighted by Gasteiger charge is 2.33. The van der Waals surface area contributed by atoms with Gasteiger partial charge in [-0.05, 0) is 78.8 Å². The fourth-order valence-electron chi connectivity index (χ4n) is 3.04. The SMILES string of the molecule is CC1CC=CC(c2ccc(I)cc2)C1CC(C)(C)F. The van der Waals surface area contributed by atoms with Crippen molar-refractivity contribution < 1.29 is 4.39 Å². The average Bonchev–Trinajstić information content (AvgIpc) is 2.31. The molecule has 0 saturated carbocycles. The highest BCUT2D eigenvalue weighted by molar-refractivity contribution is 14.1. The van der Waals surface area contributed by atoms with Gasteiger partial charge in [0, 0.05) is 9.49 Å². The minimum Gasteiger partial charge on any atom is -0.244 e. The summed E-state index contributed by atoms with van der Waals surface area (Å²) in [7, 11) is 0. The number of benzene rings is 1. The molecular weight excluding hydrogens is 350 g/mol. The Bertz CT molecular complexity index is 441. The molecule has 3 unspecified atom stereocenters. The van der Waals surface area contributed by atoms with Crippen LogP contribution in [0, 0.1) is 15.4 Å². The molecular formula is C17H22FI. The zero-order valence-corrected chi connectivity index (χ0v) is 14.0. The van der Waals surface area contributed by atoms with Crippen LogP contribution in [0.1, 0.15) is 45.1 Å². The van der Waals surface area contributed by atoms with E-state index in [1.54, 1.807) is 13.8 Å². The maximum Gasteiger partial charge on any atom is 0.105 e. The Morgan fingerprint density at radius 3 is 2.47 bits per heavy atom. The second-order valence-corrected chi connectivity index (χ2v) is 7.55. The zero-order valence-electron chi connectivity index (χ0n) is 11.9. The third-order valence-corrected chi connectivity index (χ3v) is 4.74. The van der Waals surface area contributed by atoms with Crippen molar-refractivity contribution in [3.63, 3.8) is 0 Å². The Hall–Kier alpha value is -0.380. The highest BCUT2D eigenvalue weighted by Crippen LogP contribution is 2.42. The van der Waals surface area contributed by atoms with E-state index in [1.165, 1.54) is 9.13 Å². The minimum atomic E-state index is -1.09. The second-order valence-electron chi connectivity index (χ2n) is 6.31. The van der Waals surface area contributed by atoms with Gasteiger partial charge in [-0.3, -0.25) is 0 Å². The monoisotopic (exact) mass is 372 g/mol. The number of hydrogen-bond donors (Lipinski definition) is 0. The molecule has 1 aliphatic carbocycles. The molecule has 0 heterocycles. The van der Waals surface area contributed by atoms with Gasteiger partial charge in [0.25, 0.3) is 0 Å². The smallest absolute Gasteiger partial charge is 0.105 e. The molecule has 2 heteroatoms. The highest BCUT2D eigenvalue weighted by atomic mass is 127. The van der Waals surface area contributed by atoms with Crippen molar-refractivity contribution in [2.75, 3.05) is 0 Å². The molecule has 0 radical (unpaired) electrons. The summed E-state index contributed by atoms with van der Waals surface area (Å²) in [5.41, 5.74) is 0.225. The fraction of sp³-hybridized carbons (Fsp3) is 0.529. The van der Waals surface area contributed by atoms with E-state index in [0.717, 1.165) is 6.42 Å². The van der Waals surface area contributed by atoms with Gasteiger partial charge in [-0.1, -0.05) is 31.2 Å². The molecule has 1 aliphatic rings. The first-order valence-corrected chi connectivity index (χ1v) is 8.06. The summed E-state index contributed by atoms with van der Waals surface area (Å²) >= 11 is 2.32. The molecule has 0 saturated heterocycles. The molecule has 19 heavy (non-hydrogen) atoms. The maximum absolute atomic E-state index is 14.1. The first-order valence-electron chi connectivity index (χ1n) is 6.98. The number of alkyl halides is 1. The molecule has 2 rings (SSSR count). The van der Waals surface area contributed by atoms with Crippen LogP contribution in [-0.4, -0.2) is 5.67 Å². The molecule has 0 aromatic heterocycles. The number of hydrogen-bond acceptors (Lipinski definition) is 0. The van der Waals surface area contributed by atoms with Crippen LogP contribution in [0.25, 0.3) is 0 Å². The van der Waals surface area contributed by atoms with Crippen LogP contribution >= 0.6 is 22.6 Å². The van der Waals surface area contributed by atoms with Gasteiger partial charge in [0.15, 0.2) is 0 Å². The predicted molar refractivity (Wildman–Crippen MR) is 88.1 cm³/mol. The molecule has 0 spiro atoms. The molecule has 0 N–H and O–H groups in total. The Morgan fingerprint density at radius 2 is 1.89 bits per heavy atom. The van der Waals surface area contributed by atoms with Crippen molar-refractivity contribution in [2.24, 2.45) is 11.8 Å². The molecule has 1 aromatic carbocycles. The first-order chi connectivity index (χ1) is 8.87. The van der Waals surface area contributed by atoms with Crippen LogP contribution in [0.3, 0.4) is 0 Å². The van der Waals surface area contributed by atoms with Crippen LogP contribution in [0.15, 0.2) is 36.4 Å². The standard InChI is InChI=1S/C17H22FI/c1-12-5-4-6-15(16(12)11-17(2,3)18)13-7-9-14(19)10-8-13/h4,6-10,12,15-16H,5,11H2,1-3H3. The number of allylic oxidation sites excluding steroid dienone is 2. The molecule has 1 aromatic rings. The van der Waals surface area contributed by atoms with Crippen LogP contribution in [0.4, 0.5) is 4.39 Å². The molecule has 0 aliphatic heterocycles. The van der Waals surface area contributed by atoms with Gasteiger partial charge in [-0.25, -0.2) is 4.39 Å². The fourth-order valence-corrected chi connectivity index (χ4v) is 3.40. The molecule has 0 nitrogen and oxygen atoms in total. The number of rotatable bonds is 3. The normalized spacial score (nSPS) is 27.5. The van der Waals surface area contributed by atoms with Crippen molar-refractivity contribution in [2.45, 2.75) is 45.2 Å². The van der Waals surface area contributed by atoms with E-state index in [-0.39, 0.29) is 0 Å². The lowest BCUT2D eigenvalue weighted by Crippen LogP contribution is -2.29. The summed E-state index contributed by atoms with van der Waals surface area (Å²) in [6, 6.07) is 8.65. The summed E-state index contributed by atoms with van der Waals surface area (Å²) in [5.74, 6) is 1.30. The first kappa shape index (κ1) is 15.0. The Balaban J connectivity index is 2.27. The van der Waals surface area contributed by atoms with Crippen molar-refractivity contribution in [1.29, 1.82) is 0 Å². The summed E-state index contributed by atoms with van der Waals surface area (Å²) < 4.78 is 15.3. The van der Waals surface area contributed by atoms with Gasteiger partial charge >= 0.3 is 0 Å². The van der Waals surface area contributed by atoms with Crippen LogP contribution < -0.4 is 0 Å². The Morgan fingerprint density at radius 1 is 1.26 bits per heavy atom. The van der Waals surface area contributed by atoms with Crippen molar-refractivity contribution in [3.05, 3.63) is 45.6 Å². The predicted octanol–water partition coefficient (Wildman–Crippen LogP) is 5.73. The van der Waals surface area contributed by atoms with E-state index >= 15 is 0 Å². The average molecular weight is 372 g/mol. The van der Waals surface area contributed by atoms with Gasteiger partial charge in [-0.15, -0.1) is 0 Å². The van der Waals surface area contributed by atoms with Gasteiger partial charge in [0.2, 0.25) is 0 Å². The Kier molecular flexibility index (Phi) is 4.70. The lowest BCUT2D eigenvalue weighted by Gasteiger charge is -2.36. The molecule has 0 amide bonds. The lowest BCUT2D eigenvalue weighted by atomic mass is 9.70.